The van der Waals surface area contributed by atoms with E-state index >= 15 is 0 Å². The minimum atomic E-state index is -4.70. The van der Waals surface area contributed by atoms with Crippen molar-refractivity contribution in [2.24, 2.45) is 10.7 Å². The maximum atomic E-state index is 12.2. The maximum Gasteiger partial charge on any atom is 0.573 e. The number of halogens is 3. The topological polar surface area (TPSA) is 79.9 Å². The Bertz CT molecular complexity index is 746. The molecule has 146 valence electrons. The first-order valence-corrected chi connectivity index (χ1v) is 8.49. The lowest BCUT2D eigenvalue weighted by Crippen LogP contribution is -2.44. The molecule has 1 aromatic rings. The van der Waals surface area contributed by atoms with Crippen LogP contribution in [0.2, 0.25) is 0 Å². The molecule has 0 aromatic heterocycles. The maximum absolute atomic E-state index is 12.2. The van der Waals surface area contributed by atoms with Crippen LogP contribution in [0.4, 0.5) is 18.0 Å². The van der Waals surface area contributed by atoms with Gasteiger partial charge < -0.3 is 15.4 Å². The van der Waals surface area contributed by atoms with Crippen LogP contribution in [-0.2, 0) is 0 Å². The number of aliphatic imine (C=N–C) groups is 1. The number of piperidine rings is 1. The van der Waals surface area contributed by atoms with E-state index in [4.69, 9.17) is 18.0 Å². The standard InChI is InChI=1S/C17H19F3N4O2S/c1-11(21)22-15(27)23-16(25)24-8-6-13(7-9-24)10-12-2-4-14(5-3-12)26-17(18,19)20/h2-5,10H,6-9H2,1H3,(H3,21,22,23,25,27). The van der Waals surface area contributed by atoms with E-state index < -0.39 is 6.36 Å². The zero-order valence-electron chi connectivity index (χ0n) is 14.5. The second kappa shape index (κ2) is 8.85. The van der Waals surface area contributed by atoms with Gasteiger partial charge in [0.15, 0.2) is 0 Å². The Kier molecular flexibility index (Phi) is 6.78. The van der Waals surface area contributed by atoms with Gasteiger partial charge in [0, 0.05) is 13.1 Å². The number of benzene rings is 1. The normalized spacial score (nSPS) is 15.3. The summed E-state index contributed by atoms with van der Waals surface area (Å²) in [6, 6.07) is 5.31. The minimum Gasteiger partial charge on any atom is -0.406 e. The second-order valence-electron chi connectivity index (χ2n) is 5.89. The number of alkyl halides is 3. The Morgan fingerprint density at radius 2 is 1.89 bits per heavy atom. The van der Waals surface area contributed by atoms with Crippen LogP contribution >= 0.6 is 12.2 Å². The van der Waals surface area contributed by atoms with Crippen molar-refractivity contribution in [1.82, 2.24) is 10.2 Å². The van der Waals surface area contributed by atoms with Gasteiger partial charge in [0.25, 0.3) is 0 Å². The number of urea groups is 1. The number of likely N-dealkylation sites (tertiary alicyclic amines) is 1. The summed E-state index contributed by atoms with van der Waals surface area (Å²) in [5.74, 6) is -0.00157. The van der Waals surface area contributed by atoms with Crippen molar-refractivity contribution in [3.8, 4) is 5.75 Å². The van der Waals surface area contributed by atoms with E-state index in [2.05, 4.69) is 15.0 Å². The number of hydrogen-bond acceptors (Lipinski definition) is 3. The molecule has 0 radical (unpaired) electrons. The van der Waals surface area contributed by atoms with Gasteiger partial charge in [-0.2, -0.15) is 0 Å². The quantitative estimate of drug-likeness (QED) is 0.453. The molecular formula is C17H19F3N4O2S. The van der Waals surface area contributed by atoms with Crippen LogP contribution in [0, 0.1) is 0 Å². The summed E-state index contributed by atoms with van der Waals surface area (Å²) in [5, 5.41) is 2.51. The number of carbonyl (C=O) groups is 1. The zero-order valence-corrected chi connectivity index (χ0v) is 15.4. The van der Waals surface area contributed by atoms with Crippen LogP contribution in [0.5, 0.6) is 5.75 Å². The van der Waals surface area contributed by atoms with E-state index in [0.717, 1.165) is 11.1 Å². The molecule has 1 heterocycles. The predicted molar refractivity (Wildman–Crippen MR) is 100 cm³/mol. The van der Waals surface area contributed by atoms with Gasteiger partial charge in [-0.3, -0.25) is 5.32 Å². The number of rotatable bonds is 2. The third-order valence-electron chi connectivity index (χ3n) is 3.67. The summed E-state index contributed by atoms with van der Waals surface area (Å²) < 4.78 is 40.3. The number of nitrogens with one attached hydrogen (secondary N) is 1. The smallest absolute Gasteiger partial charge is 0.406 e. The highest BCUT2D eigenvalue weighted by Gasteiger charge is 2.30. The number of nitrogens with two attached hydrogens (primary N) is 1. The van der Waals surface area contributed by atoms with E-state index in [1.165, 1.54) is 12.1 Å². The molecule has 0 atom stereocenters. The van der Waals surface area contributed by atoms with Crippen molar-refractivity contribution in [3.05, 3.63) is 35.4 Å². The molecule has 1 fully saturated rings. The molecule has 0 spiro atoms. The number of amides is 2. The molecule has 1 aromatic carbocycles. The fourth-order valence-corrected chi connectivity index (χ4v) is 2.73. The van der Waals surface area contributed by atoms with Gasteiger partial charge in [0.1, 0.15) is 5.75 Å². The van der Waals surface area contributed by atoms with Crippen molar-refractivity contribution < 1.29 is 22.7 Å². The van der Waals surface area contributed by atoms with Crippen molar-refractivity contribution in [2.45, 2.75) is 26.1 Å². The summed E-state index contributed by atoms with van der Waals surface area (Å²) in [4.78, 5) is 17.5. The first-order valence-electron chi connectivity index (χ1n) is 8.08. The first-order chi connectivity index (χ1) is 12.6. The number of thiocarbonyl (C=S) groups is 1. The highest BCUT2D eigenvalue weighted by atomic mass is 32.1. The van der Waals surface area contributed by atoms with Crippen molar-refractivity contribution in [3.63, 3.8) is 0 Å². The number of hydrogen-bond donors (Lipinski definition) is 2. The molecule has 1 aliphatic heterocycles. The lowest BCUT2D eigenvalue weighted by Gasteiger charge is -2.28. The Morgan fingerprint density at radius 1 is 1.30 bits per heavy atom. The summed E-state index contributed by atoms with van der Waals surface area (Å²) >= 11 is 4.91. The SMILES string of the molecule is C/C(N)=N/C(=S)NC(=O)N1CCC(=Cc2ccc(OC(F)(F)F)cc2)CC1. The summed E-state index contributed by atoms with van der Waals surface area (Å²) in [6.45, 7) is 2.57. The van der Waals surface area contributed by atoms with Gasteiger partial charge in [-0.25, -0.2) is 9.79 Å². The Morgan fingerprint density at radius 3 is 2.41 bits per heavy atom. The number of carbonyl (C=O) groups excluding carboxylic acids is 1. The first kappa shape index (κ1) is 20.7. The highest BCUT2D eigenvalue weighted by molar-refractivity contribution is 7.80. The molecule has 0 saturated carbocycles. The summed E-state index contributed by atoms with van der Waals surface area (Å²) in [7, 11) is 0. The molecule has 2 amide bonds. The highest BCUT2D eigenvalue weighted by Crippen LogP contribution is 2.24. The molecule has 3 N–H and O–H groups in total. The minimum absolute atomic E-state index is 0.0162. The Balaban J connectivity index is 1.88. The fraction of sp³-hybridized carbons (Fsp3) is 0.353. The van der Waals surface area contributed by atoms with Crippen molar-refractivity contribution >= 4 is 35.3 Å². The van der Waals surface area contributed by atoms with Gasteiger partial charge in [-0.1, -0.05) is 23.8 Å². The lowest BCUT2D eigenvalue weighted by atomic mass is 10.0. The monoisotopic (exact) mass is 400 g/mol. The van der Waals surface area contributed by atoms with Crippen LogP contribution in [0.1, 0.15) is 25.3 Å². The van der Waals surface area contributed by atoms with Crippen LogP contribution in [0.25, 0.3) is 6.08 Å². The molecule has 0 unspecified atom stereocenters. The zero-order chi connectivity index (χ0) is 20.0. The average Bonchev–Trinajstić information content (AvgIpc) is 2.55. The molecule has 0 aliphatic carbocycles. The summed E-state index contributed by atoms with van der Waals surface area (Å²) in [6.07, 6.45) is -1.50. The molecular weight excluding hydrogens is 381 g/mol. The van der Waals surface area contributed by atoms with Gasteiger partial charge in [-0.05, 0) is 49.7 Å². The Hall–Kier alpha value is -2.62. The second-order valence-corrected chi connectivity index (χ2v) is 6.28. The van der Waals surface area contributed by atoms with Gasteiger partial charge in [0.05, 0.1) is 5.84 Å². The number of nitrogens with zero attached hydrogens (tertiary/aromatic N) is 2. The van der Waals surface area contributed by atoms with Crippen molar-refractivity contribution in [1.29, 1.82) is 0 Å². The molecule has 1 aliphatic rings. The molecule has 6 nitrogen and oxygen atoms in total. The molecule has 1 saturated heterocycles. The van der Waals surface area contributed by atoms with Crippen LogP contribution in [0.3, 0.4) is 0 Å². The van der Waals surface area contributed by atoms with E-state index in [0.29, 0.717) is 25.9 Å². The molecule has 27 heavy (non-hydrogen) atoms. The van der Waals surface area contributed by atoms with Gasteiger partial charge in [0.2, 0.25) is 5.11 Å². The van der Waals surface area contributed by atoms with E-state index in [1.807, 2.05) is 6.08 Å². The fourth-order valence-electron chi connectivity index (χ4n) is 2.50. The number of ether oxygens (including phenoxy) is 1. The van der Waals surface area contributed by atoms with E-state index in [1.54, 1.807) is 24.0 Å². The third kappa shape index (κ3) is 7.26. The lowest BCUT2D eigenvalue weighted by molar-refractivity contribution is -0.274. The molecule has 2 rings (SSSR count). The van der Waals surface area contributed by atoms with Gasteiger partial charge >= 0.3 is 12.4 Å². The van der Waals surface area contributed by atoms with E-state index in [9.17, 15) is 18.0 Å². The molecule has 0 bridgehead atoms. The van der Waals surface area contributed by atoms with E-state index in [-0.39, 0.29) is 22.7 Å². The summed E-state index contributed by atoms with van der Waals surface area (Å²) in [5.41, 5.74) is 7.27. The average molecular weight is 400 g/mol. The predicted octanol–water partition coefficient (Wildman–Crippen LogP) is 3.44. The number of amidine groups is 1. The largest absolute Gasteiger partial charge is 0.573 e. The van der Waals surface area contributed by atoms with Crippen LogP contribution in [0.15, 0.2) is 34.8 Å². The Labute approximate surface area is 159 Å². The van der Waals surface area contributed by atoms with Gasteiger partial charge in [-0.15, -0.1) is 13.2 Å². The third-order valence-corrected chi connectivity index (χ3v) is 3.86. The van der Waals surface area contributed by atoms with Crippen LogP contribution in [-0.4, -0.2) is 41.3 Å². The molecule has 10 heteroatoms. The van der Waals surface area contributed by atoms with Crippen molar-refractivity contribution in [2.75, 3.05) is 13.1 Å². The van der Waals surface area contributed by atoms with Crippen LogP contribution < -0.4 is 15.8 Å².